The normalized spacial score (nSPS) is 42.3. The number of carbonyl (C=O) groups is 2. The number of carbonyl (C=O) groups excluding carboxylic acids is 2. The van der Waals surface area contributed by atoms with E-state index in [0.29, 0.717) is 6.42 Å². The molecule has 0 bridgehead atoms. The number of ether oxygens (including phenoxy) is 2. The summed E-state index contributed by atoms with van der Waals surface area (Å²) in [6.45, 7) is 0. The van der Waals surface area contributed by atoms with Crippen molar-refractivity contribution in [2.45, 2.75) is 12.5 Å². The molecule has 62 valence electrons. The third kappa shape index (κ3) is 0.581. The van der Waals surface area contributed by atoms with E-state index in [1.54, 1.807) is 0 Å². The molecule has 0 aromatic heterocycles. The largest absolute Gasteiger partial charge is 0.482 e. The number of epoxide rings is 1. The monoisotopic (exact) mass is 166 g/mol. The minimum absolute atomic E-state index is 0.150. The minimum Gasteiger partial charge on any atom is -0.482 e. The highest BCUT2D eigenvalue weighted by molar-refractivity contribution is 5.97. The summed E-state index contributed by atoms with van der Waals surface area (Å²) in [5, 5.41) is 0. The highest BCUT2D eigenvalue weighted by Crippen LogP contribution is 2.46. The zero-order valence-corrected chi connectivity index (χ0v) is 6.15. The van der Waals surface area contributed by atoms with Gasteiger partial charge in [0, 0.05) is 0 Å². The van der Waals surface area contributed by atoms with Gasteiger partial charge in [0.1, 0.15) is 11.7 Å². The SMILES string of the molecule is O=C1OC(=O)C2C1CC=C1OC12. The van der Waals surface area contributed by atoms with Crippen LogP contribution < -0.4 is 0 Å². The third-order valence-electron chi connectivity index (χ3n) is 2.59. The molecule has 2 heterocycles. The summed E-state index contributed by atoms with van der Waals surface area (Å²) in [4.78, 5) is 22.2. The molecule has 3 atom stereocenters. The lowest BCUT2D eigenvalue weighted by atomic mass is 9.85. The van der Waals surface area contributed by atoms with E-state index >= 15 is 0 Å². The highest BCUT2D eigenvalue weighted by atomic mass is 16.6. The van der Waals surface area contributed by atoms with Gasteiger partial charge >= 0.3 is 11.9 Å². The smallest absolute Gasteiger partial charge is 0.321 e. The Morgan fingerprint density at radius 1 is 1.33 bits per heavy atom. The van der Waals surface area contributed by atoms with Crippen LogP contribution in [0.15, 0.2) is 11.8 Å². The molecule has 3 rings (SSSR count). The van der Waals surface area contributed by atoms with E-state index in [1.807, 2.05) is 6.08 Å². The van der Waals surface area contributed by atoms with E-state index in [0.717, 1.165) is 5.76 Å². The van der Waals surface area contributed by atoms with Crippen LogP contribution in [0.3, 0.4) is 0 Å². The second-order valence-corrected chi connectivity index (χ2v) is 3.25. The topological polar surface area (TPSA) is 55.9 Å². The fraction of sp³-hybridized carbons (Fsp3) is 0.500. The van der Waals surface area contributed by atoms with Crippen LogP contribution >= 0.6 is 0 Å². The third-order valence-corrected chi connectivity index (χ3v) is 2.59. The van der Waals surface area contributed by atoms with Crippen molar-refractivity contribution >= 4 is 11.9 Å². The fourth-order valence-corrected chi connectivity index (χ4v) is 1.90. The molecule has 0 N–H and O–H groups in total. The van der Waals surface area contributed by atoms with Gasteiger partial charge in [-0.25, -0.2) is 0 Å². The summed E-state index contributed by atoms with van der Waals surface area (Å²) in [7, 11) is 0. The summed E-state index contributed by atoms with van der Waals surface area (Å²) in [6.07, 6.45) is 2.30. The van der Waals surface area contributed by atoms with Gasteiger partial charge in [0.15, 0.2) is 6.10 Å². The number of fused-ring (bicyclic) bond motifs is 3. The molecule has 12 heavy (non-hydrogen) atoms. The van der Waals surface area contributed by atoms with Crippen LogP contribution in [0.1, 0.15) is 6.42 Å². The molecule has 0 radical (unpaired) electrons. The molecule has 0 saturated carbocycles. The molecule has 2 fully saturated rings. The van der Waals surface area contributed by atoms with Gasteiger partial charge in [-0.1, -0.05) is 0 Å². The van der Waals surface area contributed by atoms with Crippen LogP contribution in [0.25, 0.3) is 0 Å². The molecule has 0 aromatic rings. The van der Waals surface area contributed by atoms with Crippen molar-refractivity contribution in [1.82, 2.24) is 0 Å². The summed E-state index contributed by atoms with van der Waals surface area (Å²) in [5.74, 6) is -0.594. The second kappa shape index (κ2) is 1.71. The van der Waals surface area contributed by atoms with Crippen molar-refractivity contribution in [3.8, 4) is 0 Å². The Morgan fingerprint density at radius 2 is 2.17 bits per heavy atom. The molecular formula is C8H6O4. The predicted molar refractivity (Wildman–Crippen MR) is 35.7 cm³/mol. The maximum Gasteiger partial charge on any atom is 0.321 e. The van der Waals surface area contributed by atoms with Crippen molar-refractivity contribution in [2.24, 2.45) is 11.8 Å². The van der Waals surface area contributed by atoms with Crippen LogP contribution in [-0.2, 0) is 19.1 Å². The van der Waals surface area contributed by atoms with Gasteiger partial charge in [0.2, 0.25) is 0 Å². The number of hydrogen-bond donors (Lipinski definition) is 0. The summed E-state index contributed by atoms with van der Waals surface area (Å²) in [6, 6.07) is 0. The summed E-state index contributed by atoms with van der Waals surface area (Å²) < 4.78 is 9.63. The lowest BCUT2D eigenvalue weighted by Gasteiger charge is -2.08. The number of rotatable bonds is 0. The van der Waals surface area contributed by atoms with Gasteiger partial charge in [-0.3, -0.25) is 9.59 Å². The Balaban J connectivity index is 2.02. The minimum atomic E-state index is -0.418. The Labute approximate surface area is 68.1 Å². The number of hydrogen-bond acceptors (Lipinski definition) is 4. The molecule has 3 unspecified atom stereocenters. The first kappa shape index (κ1) is 6.22. The van der Waals surface area contributed by atoms with Gasteiger partial charge in [-0.2, -0.15) is 0 Å². The lowest BCUT2D eigenvalue weighted by molar-refractivity contribution is -0.153. The molecule has 0 amide bonds. The van der Waals surface area contributed by atoms with Crippen molar-refractivity contribution in [3.05, 3.63) is 11.8 Å². The van der Waals surface area contributed by atoms with E-state index in [4.69, 9.17) is 4.74 Å². The maximum atomic E-state index is 11.1. The molecule has 0 spiro atoms. The van der Waals surface area contributed by atoms with E-state index in [1.165, 1.54) is 0 Å². The second-order valence-electron chi connectivity index (χ2n) is 3.25. The molecule has 2 aliphatic heterocycles. The van der Waals surface area contributed by atoms with Crippen LogP contribution in [-0.4, -0.2) is 18.0 Å². The molecule has 4 heteroatoms. The van der Waals surface area contributed by atoms with Gasteiger partial charge in [-0.05, 0) is 12.5 Å². The number of esters is 2. The first-order valence-electron chi connectivity index (χ1n) is 3.89. The molecule has 4 nitrogen and oxygen atoms in total. The van der Waals surface area contributed by atoms with E-state index in [2.05, 4.69) is 4.74 Å². The van der Waals surface area contributed by atoms with Gasteiger partial charge in [0.25, 0.3) is 0 Å². The maximum absolute atomic E-state index is 11.1. The van der Waals surface area contributed by atoms with E-state index < -0.39 is 11.9 Å². The van der Waals surface area contributed by atoms with Gasteiger partial charge in [-0.15, -0.1) is 0 Å². The quantitative estimate of drug-likeness (QED) is 0.288. The highest BCUT2D eigenvalue weighted by Gasteiger charge is 2.58. The molecule has 1 aliphatic carbocycles. The van der Waals surface area contributed by atoms with E-state index in [9.17, 15) is 9.59 Å². The first-order chi connectivity index (χ1) is 5.77. The zero-order chi connectivity index (χ0) is 8.29. The number of cyclic esters (lactones) is 2. The van der Waals surface area contributed by atoms with Crippen molar-refractivity contribution in [3.63, 3.8) is 0 Å². The van der Waals surface area contributed by atoms with Crippen molar-refractivity contribution < 1.29 is 19.1 Å². The standard InChI is InChI=1S/C8H6O4/c9-7-3-1-2-4-6(11-4)5(3)8(10)12-7/h2-3,5-6H,1H2. The van der Waals surface area contributed by atoms with Crippen LogP contribution in [0.4, 0.5) is 0 Å². The van der Waals surface area contributed by atoms with Gasteiger partial charge < -0.3 is 9.47 Å². The van der Waals surface area contributed by atoms with Crippen LogP contribution in [0.2, 0.25) is 0 Å². The van der Waals surface area contributed by atoms with Crippen molar-refractivity contribution in [1.29, 1.82) is 0 Å². The summed E-state index contributed by atoms with van der Waals surface area (Å²) in [5.41, 5.74) is 0. The Hall–Kier alpha value is -1.32. The fourth-order valence-electron chi connectivity index (χ4n) is 1.90. The molecule has 0 aromatic carbocycles. The predicted octanol–water partition coefficient (Wildman–Crippen LogP) is -0.0114. The van der Waals surface area contributed by atoms with E-state index in [-0.39, 0.29) is 17.9 Å². The first-order valence-corrected chi connectivity index (χ1v) is 3.89. The molecule has 2 saturated heterocycles. The zero-order valence-electron chi connectivity index (χ0n) is 6.15. The average molecular weight is 166 g/mol. The van der Waals surface area contributed by atoms with Crippen LogP contribution in [0.5, 0.6) is 0 Å². The van der Waals surface area contributed by atoms with Gasteiger partial charge in [0.05, 0.1) is 5.92 Å². The average Bonchev–Trinajstić information content (AvgIpc) is 2.74. The van der Waals surface area contributed by atoms with Crippen LogP contribution in [0, 0.1) is 11.8 Å². The Morgan fingerprint density at radius 3 is 3.00 bits per heavy atom. The Kier molecular flexibility index (Phi) is 0.885. The van der Waals surface area contributed by atoms with Crippen molar-refractivity contribution in [2.75, 3.05) is 0 Å². The molecular weight excluding hydrogens is 160 g/mol. The summed E-state index contributed by atoms with van der Waals surface area (Å²) >= 11 is 0. The molecule has 3 aliphatic rings. The lowest BCUT2D eigenvalue weighted by Crippen LogP contribution is -2.24. The Bertz CT molecular complexity index is 317. The number of allylic oxidation sites excluding steroid dienone is 1.